The van der Waals surface area contributed by atoms with E-state index in [0.717, 1.165) is 0 Å². The maximum absolute atomic E-state index is 3.80. The van der Waals surface area contributed by atoms with Gasteiger partial charge in [-0.05, 0) is 131 Å². The summed E-state index contributed by atoms with van der Waals surface area (Å²) in [5.74, 6) is 0. The molecule has 0 bridgehead atoms. The lowest BCUT2D eigenvalue weighted by Gasteiger charge is -2.37. The van der Waals surface area contributed by atoms with Crippen molar-refractivity contribution in [1.29, 1.82) is 0 Å². The normalized spacial score (nSPS) is 18.8. The Hall–Kier alpha value is -3.84. The van der Waals surface area contributed by atoms with Gasteiger partial charge in [0.05, 0.1) is 0 Å². The van der Waals surface area contributed by atoms with Gasteiger partial charge in [-0.2, -0.15) is 0 Å². The van der Waals surface area contributed by atoms with E-state index in [1.807, 2.05) is 0 Å². The second-order valence-corrected chi connectivity index (χ2v) is 14.1. The molecule has 1 N–H and O–H groups in total. The van der Waals surface area contributed by atoms with Crippen LogP contribution in [0.5, 0.6) is 0 Å². The van der Waals surface area contributed by atoms with Crippen molar-refractivity contribution in [2.75, 3.05) is 5.32 Å². The van der Waals surface area contributed by atoms with E-state index >= 15 is 0 Å². The van der Waals surface area contributed by atoms with Crippen LogP contribution in [0.2, 0.25) is 0 Å². The summed E-state index contributed by atoms with van der Waals surface area (Å²) in [6, 6.07) is 33.4. The third-order valence-corrected chi connectivity index (χ3v) is 11.8. The summed E-state index contributed by atoms with van der Waals surface area (Å²) in [7, 11) is 0. The van der Waals surface area contributed by atoms with Crippen molar-refractivity contribution in [3.63, 3.8) is 0 Å². The van der Waals surface area contributed by atoms with Crippen molar-refractivity contribution in [2.24, 2.45) is 0 Å². The fourth-order valence-corrected chi connectivity index (χ4v) is 9.82. The average molecular weight is 560 g/mol. The Balaban J connectivity index is 1.26. The molecule has 4 aliphatic carbocycles. The van der Waals surface area contributed by atoms with Gasteiger partial charge in [0.1, 0.15) is 0 Å². The number of hydrogen-bond acceptors (Lipinski definition) is 1. The van der Waals surface area contributed by atoms with Gasteiger partial charge in [-0.25, -0.2) is 0 Å². The molecule has 0 heterocycles. The van der Waals surface area contributed by atoms with E-state index in [0.29, 0.717) is 0 Å². The Bertz CT molecular complexity index is 1930. The fourth-order valence-electron chi connectivity index (χ4n) is 9.82. The van der Waals surface area contributed by atoms with Gasteiger partial charge in [0.25, 0.3) is 0 Å². The highest BCUT2D eigenvalue weighted by molar-refractivity contribution is 6.04. The van der Waals surface area contributed by atoms with Crippen molar-refractivity contribution in [1.82, 2.24) is 0 Å². The highest BCUT2D eigenvalue weighted by Gasteiger charge is 2.49. The van der Waals surface area contributed by atoms with E-state index in [1.54, 1.807) is 27.8 Å². The predicted molar refractivity (Wildman–Crippen MR) is 182 cm³/mol. The number of fused-ring (bicyclic) bond motifs is 12. The summed E-state index contributed by atoms with van der Waals surface area (Å²) in [6.07, 6.45) is 13.1. The van der Waals surface area contributed by atoms with E-state index in [4.69, 9.17) is 0 Å². The van der Waals surface area contributed by atoms with E-state index in [1.165, 1.54) is 114 Å². The topological polar surface area (TPSA) is 12.0 Å². The molecule has 9 rings (SSSR count). The van der Waals surface area contributed by atoms with Gasteiger partial charge in [0.15, 0.2) is 0 Å². The minimum atomic E-state index is 0.116. The lowest BCUT2D eigenvalue weighted by atomic mass is 9.66. The summed E-state index contributed by atoms with van der Waals surface area (Å²) in [4.78, 5) is 0. The second-order valence-electron chi connectivity index (χ2n) is 14.1. The van der Waals surface area contributed by atoms with Crippen LogP contribution >= 0.6 is 0 Å². The molecule has 0 atom stereocenters. The Morgan fingerprint density at radius 2 is 1.21 bits per heavy atom. The Kier molecular flexibility index (Phi) is 5.56. The lowest BCUT2D eigenvalue weighted by molar-refractivity contribution is 0.350. The minimum absolute atomic E-state index is 0.116. The SMILES string of the molecule is Cc1ccc(Nc2ccc3c(c2)C2(CCCCC2)c2cc4c(cc2-3)C2(CCCCC2)c2ccc3ccccc3c2-4)c(C)c1. The van der Waals surface area contributed by atoms with E-state index in [2.05, 4.69) is 104 Å². The van der Waals surface area contributed by atoms with Crippen LogP contribution in [0.3, 0.4) is 0 Å². The quantitative estimate of drug-likeness (QED) is 0.227. The summed E-state index contributed by atoms with van der Waals surface area (Å²) in [5.41, 5.74) is 17.8. The number of nitrogens with one attached hydrogen (secondary N) is 1. The first-order valence-electron chi connectivity index (χ1n) is 16.8. The fraction of sp³-hybridized carbons (Fsp3) is 0.333. The van der Waals surface area contributed by atoms with Crippen molar-refractivity contribution in [3.05, 3.63) is 118 Å². The standard InChI is InChI=1S/C42H41N/c1-27-13-18-39(28(2)23-27)43-30-15-16-32-33-25-38-34(26-37(33)42(36(32)24-30)21-9-4-10-22-42)40-31-12-6-5-11-29(31)14-17-35(40)41(38)19-7-3-8-20-41/h5-6,11-18,23-26,43H,3-4,7-10,19-22H2,1-2H3. The Morgan fingerprint density at radius 1 is 0.535 bits per heavy atom. The summed E-state index contributed by atoms with van der Waals surface area (Å²) in [5, 5.41) is 6.62. The number of benzene rings is 5. The highest BCUT2D eigenvalue weighted by Crippen LogP contribution is 2.63. The minimum Gasteiger partial charge on any atom is -0.355 e. The average Bonchev–Trinajstić information content (AvgIpc) is 3.44. The zero-order valence-electron chi connectivity index (χ0n) is 25.7. The van der Waals surface area contributed by atoms with E-state index < -0.39 is 0 Å². The van der Waals surface area contributed by atoms with Crippen LogP contribution in [0, 0.1) is 13.8 Å². The first-order valence-corrected chi connectivity index (χ1v) is 16.8. The van der Waals surface area contributed by atoms with Gasteiger partial charge in [-0.3, -0.25) is 0 Å². The predicted octanol–water partition coefficient (Wildman–Crippen LogP) is 11.7. The summed E-state index contributed by atoms with van der Waals surface area (Å²) < 4.78 is 0. The maximum atomic E-state index is 3.80. The van der Waals surface area contributed by atoms with Gasteiger partial charge in [0.2, 0.25) is 0 Å². The summed E-state index contributed by atoms with van der Waals surface area (Å²) >= 11 is 0. The second kappa shape index (κ2) is 9.33. The molecule has 0 radical (unpaired) electrons. The van der Waals surface area contributed by atoms with Crippen LogP contribution < -0.4 is 5.32 Å². The van der Waals surface area contributed by atoms with Crippen molar-refractivity contribution < 1.29 is 0 Å². The molecule has 2 saturated carbocycles. The monoisotopic (exact) mass is 559 g/mol. The van der Waals surface area contributed by atoms with Gasteiger partial charge < -0.3 is 5.32 Å². The molecule has 2 fully saturated rings. The first kappa shape index (κ1) is 25.6. The Morgan fingerprint density at radius 3 is 1.98 bits per heavy atom. The molecule has 1 nitrogen and oxygen atoms in total. The van der Waals surface area contributed by atoms with Crippen molar-refractivity contribution >= 4 is 22.1 Å². The molecule has 5 aromatic carbocycles. The molecule has 0 unspecified atom stereocenters. The third kappa shape index (κ3) is 3.57. The van der Waals surface area contributed by atoms with Crippen LogP contribution in [0.1, 0.15) is 97.6 Å². The number of anilines is 2. The van der Waals surface area contributed by atoms with Gasteiger partial charge >= 0.3 is 0 Å². The van der Waals surface area contributed by atoms with Crippen molar-refractivity contribution in [2.45, 2.75) is 88.9 Å². The van der Waals surface area contributed by atoms with Crippen LogP contribution in [-0.4, -0.2) is 0 Å². The van der Waals surface area contributed by atoms with Gasteiger partial charge in [-0.15, -0.1) is 0 Å². The number of rotatable bonds is 2. The third-order valence-electron chi connectivity index (χ3n) is 11.8. The maximum Gasteiger partial charge on any atom is 0.0414 e. The smallest absolute Gasteiger partial charge is 0.0414 e. The molecular weight excluding hydrogens is 518 g/mol. The molecule has 4 aliphatic rings. The largest absolute Gasteiger partial charge is 0.355 e. The van der Waals surface area contributed by atoms with Crippen LogP contribution in [0.25, 0.3) is 33.0 Å². The van der Waals surface area contributed by atoms with E-state index in [9.17, 15) is 0 Å². The highest BCUT2D eigenvalue weighted by atomic mass is 14.9. The molecular formula is C42H41N. The Labute approximate surface area is 256 Å². The molecule has 0 aromatic heterocycles. The number of aryl methyl sites for hydroxylation is 2. The van der Waals surface area contributed by atoms with Crippen molar-refractivity contribution in [3.8, 4) is 22.3 Å². The molecule has 1 heteroatoms. The summed E-state index contributed by atoms with van der Waals surface area (Å²) in [6.45, 7) is 4.39. The van der Waals surface area contributed by atoms with E-state index in [-0.39, 0.29) is 10.8 Å². The molecule has 0 saturated heterocycles. The van der Waals surface area contributed by atoms with Gasteiger partial charge in [-0.1, -0.05) is 98.7 Å². The van der Waals surface area contributed by atoms with Crippen LogP contribution in [-0.2, 0) is 10.8 Å². The molecule has 5 aromatic rings. The zero-order valence-corrected chi connectivity index (χ0v) is 25.7. The molecule has 43 heavy (non-hydrogen) atoms. The zero-order chi connectivity index (χ0) is 28.8. The number of hydrogen-bond donors (Lipinski definition) is 1. The van der Waals surface area contributed by atoms with Crippen LogP contribution in [0.15, 0.2) is 84.9 Å². The lowest BCUT2D eigenvalue weighted by Crippen LogP contribution is -2.29. The molecule has 214 valence electrons. The molecule has 0 aliphatic heterocycles. The first-order chi connectivity index (χ1) is 21.1. The van der Waals surface area contributed by atoms with Gasteiger partial charge in [0, 0.05) is 22.2 Å². The van der Waals surface area contributed by atoms with Crippen LogP contribution in [0.4, 0.5) is 11.4 Å². The molecule has 0 amide bonds. The molecule has 2 spiro atoms.